The summed E-state index contributed by atoms with van der Waals surface area (Å²) in [5.74, 6) is 1.21. The smallest absolute Gasteiger partial charge is 0.257 e. The second kappa shape index (κ2) is 8.35. The summed E-state index contributed by atoms with van der Waals surface area (Å²) in [6.07, 6.45) is 1.61. The van der Waals surface area contributed by atoms with Crippen molar-refractivity contribution in [3.05, 3.63) is 66.2 Å². The molecule has 0 aliphatic rings. The zero-order valence-electron chi connectivity index (χ0n) is 17.4. The van der Waals surface area contributed by atoms with E-state index in [9.17, 15) is 4.79 Å². The quantitative estimate of drug-likeness (QED) is 0.448. The molecule has 0 radical (unpaired) electrons. The van der Waals surface area contributed by atoms with E-state index in [4.69, 9.17) is 25.2 Å². The lowest BCUT2D eigenvalue weighted by Crippen LogP contribution is -2.24. The van der Waals surface area contributed by atoms with Crippen molar-refractivity contribution in [1.82, 2.24) is 19.9 Å². The SMILES string of the molecule is C=CCNC(=O)c1c(N)n(Cc2ccc(OC)c(OC)c2)c2nc3ccccc3nc12. The van der Waals surface area contributed by atoms with Gasteiger partial charge >= 0.3 is 0 Å². The number of aromatic nitrogens is 3. The highest BCUT2D eigenvalue weighted by Gasteiger charge is 2.24. The molecule has 8 heteroatoms. The number of carbonyl (C=O) groups is 1. The number of benzene rings is 2. The van der Waals surface area contributed by atoms with Gasteiger partial charge in [0.05, 0.1) is 31.8 Å². The van der Waals surface area contributed by atoms with E-state index in [1.54, 1.807) is 24.9 Å². The molecule has 0 unspecified atom stereocenters. The van der Waals surface area contributed by atoms with Crippen molar-refractivity contribution >= 4 is 33.9 Å². The molecule has 0 bridgehead atoms. The van der Waals surface area contributed by atoms with Gasteiger partial charge in [-0.25, -0.2) is 9.97 Å². The van der Waals surface area contributed by atoms with Crippen LogP contribution < -0.4 is 20.5 Å². The largest absolute Gasteiger partial charge is 0.493 e. The van der Waals surface area contributed by atoms with Gasteiger partial charge < -0.3 is 25.1 Å². The molecule has 0 spiro atoms. The first kappa shape index (κ1) is 20.2. The maximum Gasteiger partial charge on any atom is 0.257 e. The third kappa shape index (κ3) is 3.63. The van der Waals surface area contributed by atoms with Crippen molar-refractivity contribution in [3.63, 3.8) is 0 Å². The fraction of sp³-hybridized carbons (Fsp3) is 0.174. The van der Waals surface area contributed by atoms with Crippen molar-refractivity contribution in [2.24, 2.45) is 0 Å². The summed E-state index contributed by atoms with van der Waals surface area (Å²) in [6, 6.07) is 13.1. The molecule has 8 nitrogen and oxygen atoms in total. The molecular weight excluding hydrogens is 394 g/mol. The minimum Gasteiger partial charge on any atom is -0.493 e. The third-order valence-electron chi connectivity index (χ3n) is 5.01. The average Bonchev–Trinajstić information content (AvgIpc) is 3.06. The van der Waals surface area contributed by atoms with E-state index in [0.717, 1.165) is 11.1 Å². The van der Waals surface area contributed by atoms with Crippen LogP contribution in [0.4, 0.5) is 5.82 Å². The number of rotatable bonds is 7. The zero-order valence-corrected chi connectivity index (χ0v) is 17.4. The van der Waals surface area contributed by atoms with E-state index in [2.05, 4.69) is 11.9 Å². The first-order valence-electron chi connectivity index (χ1n) is 9.71. The molecule has 0 aliphatic heterocycles. The summed E-state index contributed by atoms with van der Waals surface area (Å²) in [4.78, 5) is 22.3. The van der Waals surface area contributed by atoms with Gasteiger partial charge in [-0.3, -0.25) is 4.79 Å². The van der Waals surface area contributed by atoms with Crippen LogP contribution in [0.25, 0.3) is 22.2 Å². The van der Waals surface area contributed by atoms with Crippen molar-refractivity contribution < 1.29 is 14.3 Å². The number of anilines is 1. The Hall–Kier alpha value is -4.07. The molecular formula is C23H23N5O3. The normalized spacial score (nSPS) is 10.9. The van der Waals surface area contributed by atoms with Crippen LogP contribution in [0.15, 0.2) is 55.1 Å². The number of methoxy groups -OCH3 is 2. The Balaban J connectivity index is 1.89. The van der Waals surface area contributed by atoms with Crippen LogP contribution in [-0.2, 0) is 6.54 Å². The van der Waals surface area contributed by atoms with Crippen LogP contribution in [-0.4, -0.2) is 41.2 Å². The van der Waals surface area contributed by atoms with Gasteiger partial charge in [0, 0.05) is 6.54 Å². The van der Waals surface area contributed by atoms with Crippen LogP contribution in [0.1, 0.15) is 15.9 Å². The zero-order chi connectivity index (χ0) is 22.0. The summed E-state index contributed by atoms with van der Waals surface area (Å²) < 4.78 is 12.5. The van der Waals surface area contributed by atoms with E-state index in [0.29, 0.717) is 52.7 Å². The standard InChI is InChI=1S/C23H23N5O3/c1-4-11-25-23(29)19-20-22(27-16-8-6-5-7-15(16)26-20)28(21(19)24)13-14-9-10-17(30-2)18(12-14)31-3/h4-10,12H,1,11,13,24H2,2-3H3,(H,25,29). The lowest BCUT2D eigenvalue weighted by Gasteiger charge is -2.12. The highest BCUT2D eigenvalue weighted by atomic mass is 16.5. The molecule has 0 saturated carbocycles. The molecule has 31 heavy (non-hydrogen) atoms. The van der Waals surface area contributed by atoms with Gasteiger partial charge in [-0.05, 0) is 29.8 Å². The van der Waals surface area contributed by atoms with E-state index in [1.807, 2.05) is 42.5 Å². The molecule has 1 amide bonds. The lowest BCUT2D eigenvalue weighted by molar-refractivity contribution is 0.0960. The van der Waals surface area contributed by atoms with Crippen molar-refractivity contribution in [2.75, 3.05) is 26.5 Å². The number of carbonyl (C=O) groups excluding carboxylic acids is 1. The van der Waals surface area contributed by atoms with Crippen molar-refractivity contribution in [1.29, 1.82) is 0 Å². The van der Waals surface area contributed by atoms with Crippen LogP contribution in [0, 0.1) is 0 Å². The molecule has 0 fully saturated rings. The Labute approximate surface area is 179 Å². The van der Waals surface area contributed by atoms with E-state index >= 15 is 0 Å². The predicted octanol–water partition coefficient (Wildman–Crippen LogP) is 3.15. The number of nitrogens with zero attached hydrogens (tertiary/aromatic N) is 3. The predicted molar refractivity (Wildman–Crippen MR) is 121 cm³/mol. The first-order valence-corrected chi connectivity index (χ1v) is 9.71. The molecule has 4 aromatic rings. The highest BCUT2D eigenvalue weighted by molar-refractivity contribution is 6.10. The molecule has 158 valence electrons. The van der Waals surface area contributed by atoms with Gasteiger partial charge in [-0.2, -0.15) is 0 Å². The summed E-state index contributed by atoms with van der Waals surface area (Å²) in [5, 5.41) is 2.79. The van der Waals surface area contributed by atoms with Crippen LogP contribution in [0.2, 0.25) is 0 Å². The highest BCUT2D eigenvalue weighted by Crippen LogP contribution is 2.31. The number of nitrogens with one attached hydrogen (secondary N) is 1. The second-order valence-corrected chi connectivity index (χ2v) is 6.92. The van der Waals surface area contributed by atoms with Crippen molar-refractivity contribution in [3.8, 4) is 11.5 Å². The molecule has 2 aromatic carbocycles. The van der Waals surface area contributed by atoms with Crippen LogP contribution in [0.3, 0.4) is 0 Å². The maximum absolute atomic E-state index is 12.9. The average molecular weight is 417 g/mol. The number of amides is 1. The molecule has 2 aromatic heterocycles. The molecule has 4 rings (SSSR count). The number of fused-ring (bicyclic) bond motifs is 2. The topological polar surface area (TPSA) is 104 Å². The maximum atomic E-state index is 12.9. The van der Waals surface area contributed by atoms with Gasteiger partial charge in [-0.1, -0.05) is 24.3 Å². The lowest BCUT2D eigenvalue weighted by atomic mass is 10.2. The van der Waals surface area contributed by atoms with Gasteiger partial charge in [0.25, 0.3) is 5.91 Å². The van der Waals surface area contributed by atoms with Gasteiger partial charge in [0.15, 0.2) is 17.1 Å². The molecule has 3 N–H and O–H groups in total. The molecule has 0 atom stereocenters. The van der Waals surface area contributed by atoms with Crippen LogP contribution >= 0.6 is 0 Å². The molecule has 0 aliphatic carbocycles. The minimum atomic E-state index is -0.321. The van der Waals surface area contributed by atoms with Gasteiger partial charge in [0.1, 0.15) is 16.9 Å². The van der Waals surface area contributed by atoms with Crippen molar-refractivity contribution in [2.45, 2.75) is 6.54 Å². The monoisotopic (exact) mass is 417 g/mol. The summed E-state index contributed by atoms with van der Waals surface area (Å²) in [6.45, 7) is 4.34. The second-order valence-electron chi connectivity index (χ2n) is 6.92. The Kier molecular flexibility index (Phi) is 5.44. The van der Waals surface area contributed by atoms with Gasteiger partial charge in [0.2, 0.25) is 0 Å². The van der Waals surface area contributed by atoms with Crippen LogP contribution in [0.5, 0.6) is 11.5 Å². The molecule has 0 saturated heterocycles. The van der Waals surface area contributed by atoms with E-state index < -0.39 is 0 Å². The Morgan fingerprint density at radius 2 is 1.84 bits per heavy atom. The number of nitrogens with two attached hydrogens (primary N) is 1. The van der Waals surface area contributed by atoms with E-state index in [-0.39, 0.29) is 5.91 Å². The number of para-hydroxylation sites is 2. The fourth-order valence-corrected chi connectivity index (χ4v) is 3.52. The third-order valence-corrected chi connectivity index (χ3v) is 5.01. The molecule has 2 heterocycles. The summed E-state index contributed by atoms with van der Waals surface area (Å²) in [7, 11) is 3.17. The first-order chi connectivity index (χ1) is 15.1. The minimum absolute atomic E-state index is 0.293. The van der Waals surface area contributed by atoms with E-state index in [1.165, 1.54) is 0 Å². The number of hydrogen-bond donors (Lipinski definition) is 2. The Bertz CT molecular complexity index is 1300. The number of ether oxygens (including phenoxy) is 2. The Morgan fingerprint density at radius 1 is 1.13 bits per heavy atom. The number of nitrogen functional groups attached to an aromatic ring is 1. The Morgan fingerprint density at radius 3 is 2.52 bits per heavy atom. The summed E-state index contributed by atoms with van der Waals surface area (Å²) in [5.41, 5.74) is 10.1. The van der Waals surface area contributed by atoms with Gasteiger partial charge in [-0.15, -0.1) is 6.58 Å². The summed E-state index contributed by atoms with van der Waals surface area (Å²) >= 11 is 0. The fourth-order valence-electron chi connectivity index (χ4n) is 3.52. The number of hydrogen-bond acceptors (Lipinski definition) is 6.